The van der Waals surface area contributed by atoms with Crippen LogP contribution in [-0.2, 0) is 0 Å². The Morgan fingerprint density at radius 3 is 2.31 bits per heavy atom. The fourth-order valence-corrected chi connectivity index (χ4v) is 0.730. The molecular weight excluding hydrogens is 174 g/mol. The van der Waals surface area contributed by atoms with Crippen LogP contribution in [0.4, 0.5) is 5.69 Å². The molecule has 6 nitrogen and oxygen atoms in total. The third-order valence-corrected chi connectivity index (χ3v) is 1.25. The number of nitrogens with zero attached hydrogens (tertiary/aromatic N) is 2. The van der Waals surface area contributed by atoms with Gasteiger partial charge in [-0.3, -0.25) is 0 Å². The third kappa shape index (κ3) is 2.67. The average molecular weight is 181 g/mol. The van der Waals surface area contributed by atoms with Gasteiger partial charge in [0.25, 0.3) is 0 Å². The van der Waals surface area contributed by atoms with E-state index in [1.807, 2.05) is 0 Å². The van der Waals surface area contributed by atoms with Gasteiger partial charge >= 0.3 is 5.97 Å². The summed E-state index contributed by atoms with van der Waals surface area (Å²) < 4.78 is 0. The highest BCUT2D eigenvalue weighted by Gasteiger charge is 2.07. The first-order valence-electron chi connectivity index (χ1n) is 3.13. The number of carboxylic acid groups (broad SMARTS) is 1. The third-order valence-electron chi connectivity index (χ3n) is 1.25. The summed E-state index contributed by atoms with van der Waals surface area (Å²) in [6.45, 7) is 0. The fraction of sp³-hybridized carbons (Fsp3) is 0. The van der Waals surface area contributed by atoms with Gasteiger partial charge in [-0.2, -0.15) is 0 Å². The normalized spacial score (nSPS) is 8.15. The molecule has 0 atom stereocenters. The second-order valence-electron chi connectivity index (χ2n) is 2.08. The molecule has 1 aromatic rings. The first-order valence-corrected chi connectivity index (χ1v) is 3.13. The molecule has 0 heterocycles. The number of benzene rings is 1. The fourth-order valence-electron chi connectivity index (χ4n) is 0.730. The van der Waals surface area contributed by atoms with Crippen LogP contribution in [0.1, 0.15) is 10.4 Å². The zero-order valence-electron chi connectivity index (χ0n) is 6.51. The van der Waals surface area contributed by atoms with Crippen LogP contribution in [0, 0.1) is 10.8 Å². The second-order valence-corrected chi connectivity index (χ2v) is 2.08. The van der Waals surface area contributed by atoms with Crippen molar-refractivity contribution in [2.75, 3.05) is 5.73 Å². The minimum atomic E-state index is -1.16. The first kappa shape index (κ1) is 10.7. The van der Waals surface area contributed by atoms with Crippen LogP contribution in [0.15, 0.2) is 18.2 Å². The number of rotatable bonds is 1. The SMILES string of the molecule is N#N.Nc1ccc(C(=O)O)c(O)c1. The van der Waals surface area contributed by atoms with Crippen LogP contribution in [0.25, 0.3) is 0 Å². The molecule has 1 rings (SSSR count). The predicted octanol–water partition coefficient (Wildman–Crippen LogP) is 0.703. The number of nitrogens with two attached hydrogens (primary N) is 1. The lowest BCUT2D eigenvalue weighted by Crippen LogP contribution is -1.97. The van der Waals surface area contributed by atoms with Crippen LogP contribution in [0.3, 0.4) is 0 Å². The van der Waals surface area contributed by atoms with E-state index in [1.165, 1.54) is 18.2 Å². The standard InChI is InChI=1S/C7H7NO3.N2/c8-4-1-2-5(7(10)11)6(9)3-4;1-2/h1-3,9H,8H2,(H,10,11);. The molecule has 13 heavy (non-hydrogen) atoms. The molecule has 0 unspecified atom stereocenters. The van der Waals surface area contributed by atoms with Crippen molar-refractivity contribution in [3.8, 4) is 5.75 Å². The molecule has 0 aliphatic rings. The predicted molar refractivity (Wildman–Crippen MR) is 42.9 cm³/mol. The van der Waals surface area contributed by atoms with Crippen LogP contribution in [0.5, 0.6) is 5.75 Å². The number of nitrogen functional groups attached to an aromatic ring is 1. The second kappa shape index (κ2) is 4.56. The highest BCUT2D eigenvalue weighted by molar-refractivity contribution is 5.91. The van der Waals surface area contributed by atoms with Crippen LogP contribution >= 0.6 is 0 Å². The van der Waals surface area contributed by atoms with Gasteiger partial charge in [0.1, 0.15) is 11.3 Å². The highest BCUT2D eigenvalue weighted by Crippen LogP contribution is 2.19. The summed E-state index contributed by atoms with van der Waals surface area (Å²) in [5.74, 6) is -1.47. The first-order chi connectivity index (χ1) is 6.11. The molecule has 1 aromatic carbocycles. The zero-order chi connectivity index (χ0) is 10.4. The Morgan fingerprint density at radius 1 is 1.38 bits per heavy atom. The van der Waals surface area contributed by atoms with E-state index in [1.54, 1.807) is 0 Å². The van der Waals surface area contributed by atoms with Crippen LogP contribution in [-0.4, -0.2) is 16.2 Å². The molecule has 0 radical (unpaired) electrons. The van der Waals surface area contributed by atoms with Crippen molar-refractivity contribution in [3.63, 3.8) is 0 Å². The smallest absolute Gasteiger partial charge is 0.339 e. The molecule has 6 heteroatoms. The molecule has 0 spiro atoms. The number of phenols is 1. The van der Waals surface area contributed by atoms with Crippen molar-refractivity contribution in [1.82, 2.24) is 0 Å². The topological polar surface area (TPSA) is 131 Å². The van der Waals surface area contributed by atoms with Gasteiger partial charge in [0.2, 0.25) is 0 Å². The molecule has 0 aromatic heterocycles. The number of aromatic hydroxyl groups is 1. The van der Waals surface area contributed by atoms with Gasteiger partial charge in [-0.1, -0.05) is 0 Å². The Labute approximate surface area is 73.6 Å². The van der Waals surface area contributed by atoms with Gasteiger partial charge in [-0.25, -0.2) is 4.79 Å². The van der Waals surface area contributed by atoms with Gasteiger partial charge in [0.15, 0.2) is 0 Å². The zero-order valence-corrected chi connectivity index (χ0v) is 6.51. The van der Waals surface area contributed by atoms with E-state index in [2.05, 4.69) is 0 Å². The molecule has 0 fully saturated rings. The lowest BCUT2D eigenvalue weighted by Gasteiger charge is -1.98. The van der Waals surface area contributed by atoms with Gasteiger partial charge in [-0.15, -0.1) is 0 Å². The van der Waals surface area contributed by atoms with E-state index < -0.39 is 5.97 Å². The molecule has 0 aliphatic carbocycles. The Kier molecular flexibility index (Phi) is 3.76. The quantitative estimate of drug-likeness (QED) is 0.431. The molecule has 0 saturated heterocycles. The summed E-state index contributed by atoms with van der Waals surface area (Å²) in [6.07, 6.45) is 0. The van der Waals surface area contributed by atoms with E-state index >= 15 is 0 Å². The van der Waals surface area contributed by atoms with Gasteiger partial charge in [0.05, 0.1) is 0 Å². The van der Waals surface area contributed by atoms with Crippen molar-refractivity contribution in [2.24, 2.45) is 0 Å². The lowest BCUT2D eigenvalue weighted by atomic mass is 10.2. The number of carbonyl (C=O) groups is 1. The largest absolute Gasteiger partial charge is 0.507 e. The summed E-state index contributed by atoms with van der Waals surface area (Å²) in [5, 5.41) is 29.5. The van der Waals surface area contributed by atoms with E-state index in [9.17, 15) is 4.79 Å². The Hall–Kier alpha value is -2.29. The van der Waals surface area contributed by atoms with Gasteiger partial charge in [0, 0.05) is 22.5 Å². The monoisotopic (exact) mass is 181 g/mol. The molecule has 0 bridgehead atoms. The summed E-state index contributed by atoms with van der Waals surface area (Å²) >= 11 is 0. The number of aromatic carboxylic acids is 1. The summed E-state index contributed by atoms with van der Waals surface area (Å²) in [7, 11) is 0. The summed E-state index contributed by atoms with van der Waals surface area (Å²) in [6, 6.07) is 3.87. The minimum Gasteiger partial charge on any atom is -0.507 e. The lowest BCUT2D eigenvalue weighted by molar-refractivity contribution is 0.0694. The van der Waals surface area contributed by atoms with E-state index in [4.69, 9.17) is 26.7 Å². The Balaban J connectivity index is 0.000000671. The van der Waals surface area contributed by atoms with E-state index in [0.29, 0.717) is 5.69 Å². The van der Waals surface area contributed by atoms with E-state index in [0.717, 1.165) is 0 Å². The van der Waals surface area contributed by atoms with Crippen molar-refractivity contribution in [2.45, 2.75) is 0 Å². The van der Waals surface area contributed by atoms with Crippen molar-refractivity contribution >= 4 is 11.7 Å². The maximum absolute atomic E-state index is 10.3. The summed E-state index contributed by atoms with van der Waals surface area (Å²) in [4.78, 5) is 10.3. The maximum Gasteiger partial charge on any atom is 0.339 e. The number of hydrogen-bond acceptors (Lipinski definition) is 5. The molecule has 0 amide bonds. The van der Waals surface area contributed by atoms with Gasteiger partial charge < -0.3 is 15.9 Å². The minimum absolute atomic E-state index is 0.140. The Bertz CT molecular complexity index is 335. The molecule has 68 valence electrons. The average Bonchev–Trinajstić information content (AvgIpc) is 2.07. The van der Waals surface area contributed by atoms with Gasteiger partial charge in [-0.05, 0) is 12.1 Å². The van der Waals surface area contributed by atoms with Crippen molar-refractivity contribution in [3.05, 3.63) is 23.8 Å². The van der Waals surface area contributed by atoms with Crippen LogP contribution < -0.4 is 5.73 Å². The Morgan fingerprint density at radius 2 is 1.92 bits per heavy atom. The molecule has 4 N–H and O–H groups in total. The number of anilines is 1. The molecule has 0 aliphatic heterocycles. The summed E-state index contributed by atoms with van der Waals surface area (Å²) in [5.41, 5.74) is 5.48. The molecule has 0 saturated carbocycles. The van der Waals surface area contributed by atoms with Crippen LogP contribution in [0.2, 0.25) is 0 Å². The van der Waals surface area contributed by atoms with Crippen molar-refractivity contribution < 1.29 is 15.0 Å². The van der Waals surface area contributed by atoms with E-state index in [-0.39, 0.29) is 11.3 Å². The maximum atomic E-state index is 10.3. The number of hydrogen-bond donors (Lipinski definition) is 3. The van der Waals surface area contributed by atoms with Crippen molar-refractivity contribution in [1.29, 1.82) is 10.8 Å². The highest BCUT2D eigenvalue weighted by atomic mass is 16.4. The molecular formula is C7H7N3O3. The number of carboxylic acids is 1.